The molecular weight excluding hydrogens is 669 g/mol. The smallest absolute Gasteiger partial charge is 0.262 e. The third-order valence-corrected chi connectivity index (χ3v) is 12.4. The van der Waals surface area contributed by atoms with Crippen molar-refractivity contribution in [1.82, 2.24) is 0 Å². The van der Waals surface area contributed by atoms with Gasteiger partial charge in [-0.25, -0.2) is 8.78 Å². The molecule has 0 aliphatic carbocycles. The van der Waals surface area contributed by atoms with E-state index >= 15 is 0 Å². The summed E-state index contributed by atoms with van der Waals surface area (Å²) in [6.07, 6.45) is 4.45. The van der Waals surface area contributed by atoms with Crippen molar-refractivity contribution in [1.29, 1.82) is 0 Å². The highest BCUT2D eigenvalue weighted by atomic mass is 32.2. The van der Waals surface area contributed by atoms with Crippen molar-refractivity contribution in [3.05, 3.63) is 161 Å². The van der Waals surface area contributed by atoms with Crippen LogP contribution in [0, 0.1) is 11.6 Å². The SMILES string of the molecule is CCC(C)[B-](c1ccccc1)(c1ccccc1)c1ccccc1.CCN1/C(=C/C(C)=C/c2sc3ccc(F)cc3[n+]2CC)Sc2ccc(F)cc21. The first-order chi connectivity index (χ1) is 24.8. The predicted octanol–water partition coefficient (Wildman–Crippen LogP) is 10.3. The van der Waals surface area contributed by atoms with E-state index < -0.39 is 6.15 Å². The number of thioether (sulfide) groups is 1. The zero-order valence-electron chi connectivity index (χ0n) is 30.0. The lowest BCUT2D eigenvalue weighted by Gasteiger charge is -2.48. The summed E-state index contributed by atoms with van der Waals surface area (Å²) in [5, 5.41) is 2.18. The highest BCUT2D eigenvalue weighted by Gasteiger charge is 2.34. The Hall–Kier alpha value is -4.46. The molecule has 0 saturated heterocycles. The first-order valence-electron chi connectivity index (χ1n) is 17.9. The molecule has 7 rings (SSSR count). The monoisotopic (exact) mass is 714 g/mol. The van der Waals surface area contributed by atoms with Crippen LogP contribution in [0.2, 0.25) is 5.82 Å². The van der Waals surface area contributed by atoms with E-state index in [9.17, 15) is 8.78 Å². The van der Waals surface area contributed by atoms with Crippen LogP contribution in [0.3, 0.4) is 0 Å². The Kier molecular flexibility index (Phi) is 11.6. The van der Waals surface area contributed by atoms with Gasteiger partial charge in [-0.1, -0.05) is 134 Å². The first kappa shape index (κ1) is 36.3. The number of anilines is 1. The average Bonchev–Trinajstić information content (AvgIpc) is 3.68. The summed E-state index contributed by atoms with van der Waals surface area (Å²) >= 11 is 3.32. The zero-order valence-corrected chi connectivity index (χ0v) is 31.7. The van der Waals surface area contributed by atoms with E-state index in [4.69, 9.17) is 0 Å². The Morgan fingerprint density at radius 1 is 0.765 bits per heavy atom. The standard InChI is InChI=1S/C22H24B.C22H21F2N2S2/c1-3-19(2)23(20-13-7-4-8-14-20,21-15-9-5-10-16-21)22-17-11-6-12-18-22;1-4-25-17-12-15(23)6-8-19(17)27-21(25)10-14(3)11-22-26(5-2)18-13-16(24)7-9-20(18)28-22/h4-19H,3H2,1-2H3;6-13H,4-5H2,1-3H3/q-1;+1. The van der Waals surface area contributed by atoms with E-state index in [-0.39, 0.29) is 11.6 Å². The van der Waals surface area contributed by atoms with Crippen molar-refractivity contribution in [2.24, 2.45) is 0 Å². The summed E-state index contributed by atoms with van der Waals surface area (Å²) in [5.74, 6) is 0.128. The van der Waals surface area contributed by atoms with Gasteiger partial charge in [-0.15, -0.1) is 0 Å². The molecule has 260 valence electrons. The second-order valence-corrected chi connectivity index (χ2v) is 15.3. The maximum absolute atomic E-state index is 13.7. The minimum atomic E-state index is -0.974. The molecule has 0 N–H and O–H groups in total. The van der Waals surface area contributed by atoms with E-state index in [0.29, 0.717) is 5.82 Å². The lowest BCUT2D eigenvalue weighted by atomic mass is 9.10. The van der Waals surface area contributed by atoms with Crippen molar-refractivity contribution < 1.29 is 13.3 Å². The van der Waals surface area contributed by atoms with Gasteiger partial charge in [0, 0.05) is 23.6 Å². The summed E-state index contributed by atoms with van der Waals surface area (Å²) < 4.78 is 30.5. The normalized spacial score (nSPS) is 14.4. The molecule has 0 spiro atoms. The second-order valence-electron chi connectivity index (χ2n) is 13.2. The summed E-state index contributed by atoms with van der Waals surface area (Å²) in [6, 6.07) is 43.0. The zero-order chi connectivity index (χ0) is 36.0. The molecule has 6 aromatic rings. The third-order valence-electron chi connectivity index (χ3n) is 10.2. The molecule has 2 heterocycles. The number of nitrogens with zero attached hydrogens (tertiary/aromatic N) is 2. The number of thiazole rings is 1. The Balaban J connectivity index is 0.000000179. The van der Waals surface area contributed by atoms with Gasteiger partial charge in [0.15, 0.2) is 0 Å². The minimum Gasteiger partial charge on any atom is -0.335 e. The molecule has 0 amide bonds. The van der Waals surface area contributed by atoms with E-state index in [2.05, 4.69) is 147 Å². The summed E-state index contributed by atoms with van der Waals surface area (Å²) in [6.45, 7) is 12.5. The quantitative estimate of drug-likeness (QED) is 0.109. The number of halogens is 2. The van der Waals surface area contributed by atoms with E-state index in [1.54, 1.807) is 35.2 Å². The molecule has 5 aromatic carbocycles. The van der Waals surface area contributed by atoms with Gasteiger partial charge in [0.1, 0.15) is 22.9 Å². The molecule has 1 unspecified atom stereocenters. The summed E-state index contributed by atoms with van der Waals surface area (Å²) in [5.41, 5.74) is 7.24. The fourth-order valence-electron chi connectivity index (χ4n) is 7.63. The molecule has 0 saturated carbocycles. The third kappa shape index (κ3) is 7.47. The van der Waals surface area contributed by atoms with Gasteiger partial charge in [-0.2, -0.15) is 26.8 Å². The fourth-order valence-corrected chi connectivity index (χ4v) is 10.1. The van der Waals surface area contributed by atoms with Crippen molar-refractivity contribution in [3.8, 4) is 0 Å². The van der Waals surface area contributed by atoms with Crippen LogP contribution >= 0.6 is 23.1 Å². The lowest BCUT2D eigenvalue weighted by Crippen LogP contribution is -2.69. The number of rotatable bonds is 9. The maximum atomic E-state index is 13.7. The largest absolute Gasteiger partial charge is 0.335 e. The van der Waals surface area contributed by atoms with Crippen LogP contribution in [-0.2, 0) is 6.54 Å². The summed E-state index contributed by atoms with van der Waals surface area (Å²) in [4.78, 5) is 3.21. The van der Waals surface area contributed by atoms with Crippen molar-refractivity contribution in [3.63, 3.8) is 0 Å². The maximum Gasteiger partial charge on any atom is 0.262 e. The highest BCUT2D eigenvalue weighted by molar-refractivity contribution is 8.03. The molecule has 51 heavy (non-hydrogen) atoms. The fraction of sp³-hybridized carbons (Fsp3) is 0.205. The molecule has 0 radical (unpaired) electrons. The van der Waals surface area contributed by atoms with Gasteiger partial charge in [0.2, 0.25) is 5.52 Å². The van der Waals surface area contributed by atoms with E-state index in [1.807, 2.05) is 12.1 Å². The number of fused-ring (bicyclic) bond motifs is 2. The van der Waals surface area contributed by atoms with Crippen molar-refractivity contribution in [2.45, 2.75) is 58.3 Å². The van der Waals surface area contributed by atoms with Crippen LogP contribution in [0.1, 0.15) is 46.0 Å². The van der Waals surface area contributed by atoms with Gasteiger partial charge < -0.3 is 4.90 Å². The Bertz CT molecular complexity index is 2050. The van der Waals surface area contributed by atoms with Crippen molar-refractivity contribution >= 4 is 67.6 Å². The van der Waals surface area contributed by atoms with Gasteiger partial charge in [0.05, 0.1) is 16.9 Å². The van der Waals surface area contributed by atoms with Crippen LogP contribution in [0.4, 0.5) is 14.5 Å². The number of aryl methyl sites for hydroxylation is 1. The minimum absolute atomic E-state index is 0.215. The van der Waals surface area contributed by atoms with Gasteiger partial charge in [-0.3, -0.25) is 0 Å². The molecule has 1 aromatic heterocycles. The molecule has 1 aliphatic rings. The van der Waals surface area contributed by atoms with Crippen LogP contribution < -0.4 is 25.9 Å². The number of allylic oxidation sites excluding steroid dienone is 2. The second kappa shape index (κ2) is 16.3. The lowest BCUT2D eigenvalue weighted by molar-refractivity contribution is -0.665. The Morgan fingerprint density at radius 2 is 1.31 bits per heavy atom. The predicted molar refractivity (Wildman–Crippen MR) is 218 cm³/mol. The molecule has 1 atom stereocenters. The topological polar surface area (TPSA) is 7.12 Å². The highest BCUT2D eigenvalue weighted by Crippen LogP contribution is 2.46. The summed E-state index contributed by atoms with van der Waals surface area (Å²) in [7, 11) is 0. The van der Waals surface area contributed by atoms with E-state index in [0.717, 1.165) is 55.9 Å². The molecule has 7 heteroatoms. The van der Waals surface area contributed by atoms with Crippen LogP contribution in [0.15, 0.2) is 149 Å². The van der Waals surface area contributed by atoms with Gasteiger partial charge in [-0.05, 0) is 62.8 Å². The number of hydrogen-bond donors (Lipinski definition) is 0. The first-order valence-corrected chi connectivity index (χ1v) is 19.5. The molecule has 1 aliphatic heterocycles. The van der Waals surface area contributed by atoms with Crippen molar-refractivity contribution in [2.75, 3.05) is 11.4 Å². The molecule has 2 nitrogen and oxygen atoms in total. The number of hydrogen-bond acceptors (Lipinski definition) is 3. The van der Waals surface area contributed by atoms with Gasteiger partial charge >= 0.3 is 0 Å². The van der Waals surface area contributed by atoms with Gasteiger partial charge in [0.25, 0.3) is 5.01 Å². The van der Waals surface area contributed by atoms with E-state index in [1.165, 1.54) is 28.5 Å². The molecule has 0 fully saturated rings. The number of benzene rings is 5. The van der Waals surface area contributed by atoms with Crippen LogP contribution in [0.5, 0.6) is 0 Å². The average molecular weight is 715 g/mol. The Morgan fingerprint density at radius 3 is 1.84 bits per heavy atom. The molecular formula is C44H45BF2N2S2. The Labute approximate surface area is 310 Å². The van der Waals surface area contributed by atoms with Crippen LogP contribution in [0.25, 0.3) is 16.3 Å². The molecule has 0 bridgehead atoms. The number of aromatic nitrogens is 1. The van der Waals surface area contributed by atoms with Crippen LogP contribution in [-0.4, -0.2) is 12.7 Å².